The zero-order valence-corrected chi connectivity index (χ0v) is 14.9. The van der Waals surface area contributed by atoms with Crippen molar-refractivity contribution < 1.29 is 40.6 Å². The molecule has 0 heterocycles. The largest absolute Gasteiger partial charge is 0.493 e. The standard InChI is InChI=1S/C18H19F6NO3/c1-3-10-28-14-6-4-13(11-15(14)27-2)5-7-16(26)25(12-18(22,23)24)9-8-17(19,20)21/h3-7,11H,1,8-10,12H2,2H3. The van der Waals surface area contributed by atoms with E-state index in [2.05, 4.69) is 6.58 Å². The van der Waals surface area contributed by atoms with Crippen molar-refractivity contribution in [1.82, 2.24) is 4.90 Å². The first-order valence-electron chi connectivity index (χ1n) is 7.97. The molecule has 0 fully saturated rings. The number of hydrogen-bond acceptors (Lipinski definition) is 3. The summed E-state index contributed by atoms with van der Waals surface area (Å²) in [5.74, 6) is -0.497. The number of carbonyl (C=O) groups is 1. The topological polar surface area (TPSA) is 38.8 Å². The molecule has 1 rings (SSSR count). The third-order valence-electron chi connectivity index (χ3n) is 3.31. The summed E-state index contributed by atoms with van der Waals surface area (Å²) in [5, 5.41) is 0. The van der Waals surface area contributed by atoms with E-state index in [1.165, 1.54) is 37.5 Å². The van der Waals surface area contributed by atoms with Gasteiger partial charge < -0.3 is 14.4 Å². The van der Waals surface area contributed by atoms with Crippen LogP contribution in [0, 0.1) is 0 Å². The van der Waals surface area contributed by atoms with Crippen LogP contribution in [0.15, 0.2) is 36.9 Å². The molecule has 0 bridgehead atoms. The maximum atomic E-state index is 12.6. The number of alkyl halides is 6. The summed E-state index contributed by atoms with van der Waals surface area (Å²) in [4.78, 5) is 12.1. The Bertz CT molecular complexity index is 698. The van der Waals surface area contributed by atoms with Gasteiger partial charge in [-0.15, -0.1) is 0 Å². The number of amides is 1. The minimum absolute atomic E-state index is 0.1000. The van der Waals surface area contributed by atoms with Gasteiger partial charge in [0.2, 0.25) is 5.91 Å². The van der Waals surface area contributed by atoms with Gasteiger partial charge in [-0.3, -0.25) is 4.79 Å². The van der Waals surface area contributed by atoms with Crippen molar-refractivity contribution in [3.63, 3.8) is 0 Å². The molecule has 0 unspecified atom stereocenters. The second-order valence-corrected chi connectivity index (χ2v) is 5.58. The van der Waals surface area contributed by atoms with Crippen LogP contribution < -0.4 is 9.47 Å². The Balaban J connectivity index is 2.92. The van der Waals surface area contributed by atoms with Crippen molar-refractivity contribution in [2.45, 2.75) is 18.8 Å². The van der Waals surface area contributed by atoms with E-state index in [0.717, 1.165) is 6.08 Å². The zero-order valence-electron chi connectivity index (χ0n) is 14.9. The summed E-state index contributed by atoms with van der Waals surface area (Å²) in [7, 11) is 1.37. The molecule has 0 atom stereocenters. The second-order valence-electron chi connectivity index (χ2n) is 5.58. The Morgan fingerprint density at radius 1 is 1.14 bits per heavy atom. The van der Waals surface area contributed by atoms with Crippen molar-refractivity contribution in [3.8, 4) is 11.5 Å². The predicted octanol–water partition coefficient (Wildman–Crippen LogP) is 4.62. The molecule has 0 radical (unpaired) electrons. The summed E-state index contributed by atoms with van der Waals surface area (Å²) >= 11 is 0. The van der Waals surface area contributed by atoms with Crippen LogP contribution in [0.1, 0.15) is 12.0 Å². The van der Waals surface area contributed by atoms with Crippen molar-refractivity contribution in [2.75, 3.05) is 26.8 Å². The highest BCUT2D eigenvalue weighted by Gasteiger charge is 2.35. The first kappa shape index (κ1) is 23.4. The number of hydrogen-bond donors (Lipinski definition) is 0. The van der Waals surface area contributed by atoms with E-state index < -0.39 is 37.8 Å². The molecule has 0 aliphatic heterocycles. The fraction of sp³-hybridized carbons (Fsp3) is 0.389. The molecule has 0 aliphatic carbocycles. The summed E-state index contributed by atoms with van der Waals surface area (Å²) in [6, 6.07) is 4.49. The summed E-state index contributed by atoms with van der Waals surface area (Å²) < 4.78 is 85.0. The number of rotatable bonds is 9. The summed E-state index contributed by atoms with van der Waals surface area (Å²) in [6.07, 6.45) is -7.56. The van der Waals surface area contributed by atoms with Crippen LogP contribution in [0.5, 0.6) is 11.5 Å². The molecule has 0 spiro atoms. The van der Waals surface area contributed by atoms with Crippen LogP contribution in [0.2, 0.25) is 0 Å². The highest BCUT2D eigenvalue weighted by Crippen LogP contribution is 2.29. The average molecular weight is 411 g/mol. The van der Waals surface area contributed by atoms with Crippen molar-refractivity contribution >= 4 is 12.0 Å². The molecule has 1 aromatic rings. The zero-order chi connectivity index (χ0) is 21.4. The van der Waals surface area contributed by atoms with Gasteiger partial charge in [-0.2, -0.15) is 26.3 Å². The Kier molecular flexibility index (Phi) is 8.39. The number of halogens is 6. The van der Waals surface area contributed by atoms with Crippen molar-refractivity contribution in [2.24, 2.45) is 0 Å². The Morgan fingerprint density at radius 3 is 2.36 bits per heavy atom. The van der Waals surface area contributed by atoms with Gasteiger partial charge in [0.05, 0.1) is 13.5 Å². The Labute approximate surface area is 158 Å². The highest BCUT2D eigenvalue weighted by molar-refractivity contribution is 5.91. The van der Waals surface area contributed by atoms with E-state index in [4.69, 9.17) is 9.47 Å². The number of carbonyl (C=O) groups excluding carboxylic acids is 1. The van der Waals surface area contributed by atoms with Crippen LogP contribution in [-0.4, -0.2) is 50.0 Å². The monoisotopic (exact) mass is 411 g/mol. The smallest absolute Gasteiger partial charge is 0.406 e. The van der Waals surface area contributed by atoms with Gasteiger partial charge in [-0.05, 0) is 23.8 Å². The molecule has 28 heavy (non-hydrogen) atoms. The van der Waals surface area contributed by atoms with Crippen LogP contribution in [0.3, 0.4) is 0 Å². The molecule has 0 saturated heterocycles. The molecule has 1 amide bonds. The normalized spacial score (nSPS) is 12.1. The first-order valence-corrected chi connectivity index (χ1v) is 7.97. The lowest BCUT2D eigenvalue weighted by Crippen LogP contribution is -2.40. The Hall–Kier alpha value is -2.65. The van der Waals surface area contributed by atoms with Gasteiger partial charge in [-0.25, -0.2) is 0 Å². The molecular formula is C18H19F6NO3. The van der Waals surface area contributed by atoms with E-state index in [9.17, 15) is 31.1 Å². The minimum atomic E-state index is -4.82. The fourth-order valence-corrected chi connectivity index (χ4v) is 2.07. The SMILES string of the molecule is C=CCOc1ccc(C=CC(=O)N(CCC(F)(F)F)CC(F)(F)F)cc1OC. The molecule has 1 aromatic carbocycles. The van der Waals surface area contributed by atoms with E-state index in [1.807, 2.05) is 0 Å². The van der Waals surface area contributed by atoms with Gasteiger partial charge in [0, 0.05) is 12.6 Å². The fourth-order valence-electron chi connectivity index (χ4n) is 2.07. The van der Waals surface area contributed by atoms with Gasteiger partial charge >= 0.3 is 12.4 Å². The quantitative estimate of drug-likeness (QED) is 0.338. The van der Waals surface area contributed by atoms with E-state index in [-0.39, 0.29) is 11.5 Å². The van der Waals surface area contributed by atoms with Crippen LogP contribution in [0.4, 0.5) is 26.3 Å². The molecule has 156 valence electrons. The predicted molar refractivity (Wildman–Crippen MR) is 91.0 cm³/mol. The first-order chi connectivity index (χ1) is 12.9. The maximum Gasteiger partial charge on any atom is 0.406 e. The highest BCUT2D eigenvalue weighted by atomic mass is 19.4. The van der Waals surface area contributed by atoms with Crippen LogP contribution in [-0.2, 0) is 4.79 Å². The minimum Gasteiger partial charge on any atom is -0.493 e. The number of ether oxygens (including phenoxy) is 2. The van der Waals surface area contributed by atoms with Crippen LogP contribution >= 0.6 is 0 Å². The second kappa shape index (κ2) is 10.0. The van der Waals surface area contributed by atoms with E-state index in [1.54, 1.807) is 0 Å². The van der Waals surface area contributed by atoms with Gasteiger partial charge in [0.1, 0.15) is 13.2 Å². The van der Waals surface area contributed by atoms with Gasteiger partial charge in [0.15, 0.2) is 11.5 Å². The lowest BCUT2D eigenvalue weighted by atomic mass is 10.2. The molecule has 10 heteroatoms. The van der Waals surface area contributed by atoms with Crippen LogP contribution in [0.25, 0.3) is 6.08 Å². The van der Waals surface area contributed by atoms with Gasteiger partial charge in [-0.1, -0.05) is 18.7 Å². The third kappa shape index (κ3) is 8.83. The number of nitrogens with zero attached hydrogens (tertiary/aromatic N) is 1. The van der Waals surface area contributed by atoms with Crippen molar-refractivity contribution in [1.29, 1.82) is 0 Å². The molecular weight excluding hydrogens is 392 g/mol. The molecule has 0 aromatic heterocycles. The molecule has 4 nitrogen and oxygen atoms in total. The molecule has 0 saturated carbocycles. The third-order valence-corrected chi connectivity index (χ3v) is 3.31. The number of benzene rings is 1. The average Bonchev–Trinajstić information content (AvgIpc) is 2.60. The lowest BCUT2D eigenvalue weighted by molar-refractivity contribution is -0.167. The summed E-state index contributed by atoms with van der Waals surface area (Å²) in [6.45, 7) is 0.851. The number of methoxy groups -OCH3 is 1. The lowest BCUT2D eigenvalue weighted by Gasteiger charge is -2.23. The summed E-state index contributed by atoms with van der Waals surface area (Å²) in [5.41, 5.74) is 0.388. The van der Waals surface area contributed by atoms with Gasteiger partial charge in [0.25, 0.3) is 0 Å². The van der Waals surface area contributed by atoms with Crippen molar-refractivity contribution in [3.05, 3.63) is 42.5 Å². The van der Waals surface area contributed by atoms with E-state index >= 15 is 0 Å². The molecule has 0 aliphatic rings. The van der Waals surface area contributed by atoms with E-state index in [0.29, 0.717) is 17.1 Å². The Morgan fingerprint density at radius 2 is 1.82 bits per heavy atom. The molecule has 0 N–H and O–H groups in total. The maximum absolute atomic E-state index is 12.6.